The highest BCUT2D eigenvalue weighted by molar-refractivity contribution is 5.90. The normalized spacial score (nSPS) is 24.8. The van der Waals surface area contributed by atoms with Crippen LogP contribution in [0.1, 0.15) is 218 Å². The molecule has 12 N–H and O–H groups in total. The zero-order valence-electron chi connectivity index (χ0n) is 128. The molecule has 9 aromatic carbocycles. The monoisotopic (exact) mass is 1940 g/mol. The summed E-state index contributed by atoms with van der Waals surface area (Å²) in [5.41, 5.74) is -4.88. The molecule has 12 rings (SSSR count). The Bertz CT molecular complexity index is 7930. The molecule has 138 heavy (non-hydrogen) atoms. The van der Waals surface area contributed by atoms with Crippen LogP contribution in [-0.4, -0.2) is 215 Å². The minimum absolute atomic E-state index is 0.0282. The van der Waals surface area contributed by atoms with E-state index in [9.17, 15) is 66.7 Å². The van der Waals surface area contributed by atoms with E-state index in [4.69, 9.17) is 77.3 Å². The maximum atomic E-state index is 14.3. The van der Waals surface area contributed by atoms with Crippen molar-refractivity contribution >= 4 is 53.5 Å². The van der Waals surface area contributed by atoms with E-state index in [1.807, 2.05) is 5.32 Å². The number of aliphatic hydroxyl groups is 3. The number of amides is 12. The van der Waals surface area contributed by atoms with Gasteiger partial charge in [0.1, 0.15) is 35.4 Å². The average Bonchev–Trinajstić information content (AvgIpc) is 0.708. The number of hydrogen-bond acceptors (Lipinski definition) is 15. The third-order valence-electron chi connectivity index (χ3n) is 21.1. The summed E-state index contributed by atoms with van der Waals surface area (Å²) in [5.74, 6) is -14.0. The SMILES string of the molecule is [2H]c1c([2H])c(C([2H])([2H])[2H])c(OC([2H])([2H])C(=O)N[C@@H](Cc2ccccc2)[C@@H](O)C[C@H](Cc2ccccc2)NC(=O)[C@H](C(C)C)N2C(=O)NC([2H])([2H])C([2H])([2H])C2([2H])[2H])c(C([2H])([2H])[2H])c1[2H].[2H]c1c([2H])c([2H])c(C([2H])([2H])[C@]([2H])(NC(=O)C([2H])([2H])Oc2c(C([2H])([2H])[2H])c([2H])c([2H])c([2H])c2C([2H])([2H])[2H])[C@@H](O)C[C@H](Cc2ccccc2)NC(=O)[C@H](C(C)C)N2CCCNC2=O)c([2H])c1[2H].[2H]c1c([2H])c([2H])c(C([2H])([2H])[C@]([2H])(NC(=O)C([2H])([2H])Oc2c(C)cccc2C)[C@@H](O)C[C@H](Cc2ccccc2)NC(=O)[C@H](C(C)C)N2C(=O)NC([2H])([2H])C([2H])([2H])C2([2H])[2H])c([2H])c1[2H]. The number of benzene rings is 9. The highest BCUT2D eigenvalue weighted by Crippen LogP contribution is 2.29. The van der Waals surface area contributed by atoms with E-state index in [1.54, 1.807) is 183 Å². The molecule has 3 aliphatic rings. The van der Waals surface area contributed by atoms with Gasteiger partial charge in [0.25, 0.3) is 17.7 Å². The molecule has 3 saturated heterocycles. The summed E-state index contributed by atoms with van der Waals surface area (Å²) in [6.45, 7) is -25.6. The number of hydrogen-bond donors (Lipinski definition) is 12. The lowest BCUT2D eigenvalue weighted by atomic mass is 9.92. The van der Waals surface area contributed by atoms with E-state index in [2.05, 4.69) is 26.6 Å². The summed E-state index contributed by atoms with van der Waals surface area (Å²) in [5, 5.41) is 56.2. The van der Waals surface area contributed by atoms with Crippen LogP contribution >= 0.6 is 0 Å². The lowest BCUT2D eigenvalue weighted by molar-refractivity contribution is -0.129. The molecule has 3 aliphatic heterocycles. The number of rotatable bonds is 45. The summed E-state index contributed by atoms with van der Waals surface area (Å²) in [6, 6.07) is -1.40. The molecule has 0 radical (unpaired) electrons. The van der Waals surface area contributed by atoms with E-state index in [0.29, 0.717) is 51.2 Å². The van der Waals surface area contributed by atoms with Crippen LogP contribution < -0.4 is 62.1 Å². The molecule has 12 amide bonds. The van der Waals surface area contributed by atoms with Gasteiger partial charge < -0.3 is 92.1 Å². The van der Waals surface area contributed by atoms with E-state index in [0.717, 1.165) is 0 Å². The van der Waals surface area contributed by atoms with Gasteiger partial charge in [0.05, 0.1) is 69.3 Å². The largest absolute Gasteiger partial charge is 0.483 e. The molecule has 12 atom stereocenters. The van der Waals surface area contributed by atoms with Crippen molar-refractivity contribution in [2.45, 2.75) is 232 Å². The van der Waals surface area contributed by atoms with Gasteiger partial charge in [-0.05, 0) is 203 Å². The van der Waals surface area contributed by atoms with Crippen molar-refractivity contribution < 1.29 is 144 Å². The third-order valence-corrected chi connectivity index (χ3v) is 21.1. The van der Waals surface area contributed by atoms with Crippen LogP contribution in [0.5, 0.6) is 17.2 Å². The average molecular weight is 1940 g/mol. The molecule has 0 unspecified atom stereocenters. The molecule has 0 bridgehead atoms. The summed E-state index contributed by atoms with van der Waals surface area (Å²) >= 11 is 0. The van der Waals surface area contributed by atoms with Crippen molar-refractivity contribution in [2.24, 2.45) is 17.8 Å². The lowest BCUT2D eigenvalue weighted by Gasteiger charge is -2.37. The second-order valence-electron chi connectivity index (χ2n) is 32.7. The number of nitrogens with one attached hydrogen (secondary N) is 9. The van der Waals surface area contributed by atoms with Crippen LogP contribution in [0.3, 0.4) is 0 Å². The van der Waals surface area contributed by atoms with Crippen LogP contribution in [0.25, 0.3) is 0 Å². The molecule has 27 heteroatoms. The topological polar surface area (TPSA) is 360 Å². The first-order valence-corrected chi connectivity index (χ1v) is 43.7. The van der Waals surface area contributed by atoms with Gasteiger partial charge in [-0.3, -0.25) is 28.8 Å². The first-order valence-electron chi connectivity index (χ1n) is 69.7. The molecule has 0 aromatic heterocycles. The number of carbonyl (C=O) groups excluding carboxylic acids is 9. The maximum Gasteiger partial charge on any atom is 0.318 e. The number of aryl methyl sites for hydroxylation is 2. The van der Waals surface area contributed by atoms with Gasteiger partial charge in [-0.25, -0.2) is 14.4 Å². The van der Waals surface area contributed by atoms with Gasteiger partial charge >= 0.3 is 18.1 Å². The van der Waals surface area contributed by atoms with Crippen molar-refractivity contribution in [3.8, 4) is 17.2 Å². The second-order valence-corrected chi connectivity index (χ2v) is 32.7. The Hall–Kier alpha value is -13.1. The molecule has 3 heterocycles. The number of aliphatic hydroxyl groups excluding tert-OH is 3. The smallest absolute Gasteiger partial charge is 0.318 e. The zero-order chi connectivity index (χ0) is 145. The Kier molecular flexibility index (Phi) is 22.0. The first kappa shape index (κ1) is 55.5. The standard InChI is InChI=1S/3C37H48N4O5/c3*1-25(2)34(41-20-12-19-38-37(41)45)36(44)39-30(21-28-15-7-5-8-16-28)23-32(42)31(22-29-17-9-6-10-18-29)40-33(43)24-46-35-26(3)13-11-14-27(35)4/h3*5-11,13-18,25,30-32,34,42H,12,19-24H2,1-4H3,(H,38,45)(H,39,44)(H,40,43)/t3*30-,31-,32-,34-/m000/s1/i3D3,4D3,6D,9D,10D,11D,13D,14D,17D,18D,22D2,24D2,31D;6D,9D,10D,12D2,17D,18D,19D2,20D2,22D2,24D2,31D;3D3,4D3,11D,12D2,13D,14D,19D2,20D2,24D2. The Labute approximate surface area is 887 Å². The van der Waals surface area contributed by atoms with E-state index in [1.165, 1.54) is 32.6 Å². The minimum Gasteiger partial charge on any atom is -0.483 e. The van der Waals surface area contributed by atoms with Crippen molar-refractivity contribution in [2.75, 3.05) is 58.8 Å². The zero-order valence-corrected chi connectivity index (χ0v) is 76.4. The van der Waals surface area contributed by atoms with Gasteiger partial charge in [-0.15, -0.1) is 0 Å². The molecule has 27 nitrogen and oxygen atoms in total. The minimum atomic E-state index is -4.11. The Morgan fingerprint density at radius 3 is 1.07 bits per heavy atom. The second kappa shape index (κ2) is 54.7. The van der Waals surface area contributed by atoms with Gasteiger partial charge in [-0.2, -0.15) is 0 Å². The Balaban J connectivity index is 0.000000284. The van der Waals surface area contributed by atoms with E-state index in [-0.39, 0.29) is 42.9 Å². The fourth-order valence-electron chi connectivity index (χ4n) is 14.7. The van der Waals surface area contributed by atoms with Gasteiger partial charge in [0.15, 0.2) is 19.7 Å². The predicted octanol–water partition coefficient (Wildman–Crippen LogP) is 13.0. The van der Waals surface area contributed by atoms with Gasteiger partial charge in [0, 0.05) is 95.6 Å². The molecular formula is C111H144N12O15. The van der Waals surface area contributed by atoms with Crippen LogP contribution in [0.4, 0.5) is 14.4 Å². The lowest BCUT2D eigenvalue weighted by Crippen LogP contribution is -2.59. The summed E-state index contributed by atoms with van der Waals surface area (Å²) < 4.78 is 450. The van der Waals surface area contributed by atoms with Gasteiger partial charge in [0.2, 0.25) is 17.7 Å². The quantitative estimate of drug-likeness (QED) is 0.0169. The fourth-order valence-corrected chi connectivity index (χ4v) is 14.7. The molecule has 738 valence electrons. The third kappa shape index (κ3) is 33.7. The van der Waals surface area contributed by atoms with Crippen molar-refractivity contribution in [1.82, 2.24) is 62.6 Å². The van der Waals surface area contributed by atoms with Crippen molar-refractivity contribution in [3.63, 3.8) is 0 Å². The van der Waals surface area contributed by atoms with Gasteiger partial charge in [-0.1, -0.05) is 278 Å². The van der Waals surface area contributed by atoms with E-state index < -0.39 is 403 Å². The summed E-state index contributed by atoms with van der Waals surface area (Å²) in [6.07, 6.45) is -23.7. The molecule has 0 aliphatic carbocycles. The van der Waals surface area contributed by atoms with E-state index >= 15 is 0 Å². The summed E-state index contributed by atoms with van der Waals surface area (Å²) in [4.78, 5) is 126. The van der Waals surface area contributed by atoms with Crippen LogP contribution in [0.2, 0.25) is 0 Å². The Morgan fingerprint density at radius 1 is 0.399 bits per heavy atom. The van der Waals surface area contributed by atoms with Crippen LogP contribution in [-0.2, 0) is 67.2 Å². The Morgan fingerprint density at radius 2 is 0.725 bits per heavy atom. The molecule has 9 aromatic rings. The molecule has 0 saturated carbocycles. The number of ether oxygens (including phenoxy) is 3. The highest BCUT2D eigenvalue weighted by Gasteiger charge is 2.40. The van der Waals surface area contributed by atoms with Crippen molar-refractivity contribution in [1.29, 1.82) is 0 Å². The molecule has 0 spiro atoms. The fraction of sp³-hybridized carbons (Fsp3) is 0.432. The molecular weight excluding hydrogens is 1740 g/mol. The number of nitrogens with zero attached hydrogens (tertiary/aromatic N) is 3. The predicted molar refractivity (Wildman–Crippen MR) is 539 cm³/mol. The number of para-hydroxylation sites is 3. The highest BCUT2D eigenvalue weighted by atomic mass is 16.5. The van der Waals surface area contributed by atoms with Crippen LogP contribution in [0, 0.1) is 59.0 Å². The summed E-state index contributed by atoms with van der Waals surface area (Å²) in [7, 11) is 0. The number of urea groups is 3. The maximum absolute atomic E-state index is 14.3. The molecule has 3 fully saturated rings. The first-order chi connectivity index (χ1) is 86.8. The van der Waals surface area contributed by atoms with Crippen molar-refractivity contribution in [3.05, 3.63) is 303 Å². The number of carbonyl (C=O) groups is 9. The van der Waals surface area contributed by atoms with Crippen LogP contribution in [0.15, 0.2) is 236 Å².